The summed E-state index contributed by atoms with van der Waals surface area (Å²) in [4.78, 5) is 20.7. The second-order valence-corrected chi connectivity index (χ2v) is 8.11. The van der Waals surface area contributed by atoms with Crippen LogP contribution < -0.4 is 9.47 Å². The number of rotatable bonds is 9. The molecule has 0 aliphatic carbocycles. The zero-order valence-electron chi connectivity index (χ0n) is 17.9. The number of allylic oxidation sites excluding steroid dienone is 1. The molecule has 0 bridgehead atoms. The fourth-order valence-corrected chi connectivity index (χ4v) is 3.83. The Morgan fingerprint density at radius 2 is 1.59 bits per heavy atom. The summed E-state index contributed by atoms with van der Waals surface area (Å²) in [5.74, 6) is 1.01. The molecule has 0 saturated carbocycles. The molecule has 0 atom stereocenters. The van der Waals surface area contributed by atoms with Gasteiger partial charge in [-0.3, -0.25) is 20.2 Å². The predicted molar refractivity (Wildman–Crippen MR) is 134 cm³/mol. The van der Waals surface area contributed by atoms with Crippen LogP contribution in [-0.2, 0) is 6.61 Å². The van der Waals surface area contributed by atoms with Gasteiger partial charge >= 0.3 is 0 Å². The lowest BCUT2D eigenvalue weighted by Gasteiger charge is -2.15. The molecule has 9 nitrogen and oxygen atoms in total. The first-order chi connectivity index (χ1) is 16.3. The van der Waals surface area contributed by atoms with Crippen molar-refractivity contribution in [2.75, 3.05) is 6.61 Å². The Bertz CT molecular complexity index is 1280. The fourth-order valence-electron chi connectivity index (χ4n) is 3.05. The third kappa shape index (κ3) is 6.08. The van der Waals surface area contributed by atoms with E-state index in [2.05, 4.69) is 28.7 Å². The highest BCUT2D eigenvalue weighted by molar-refractivity contribution is 14.1. The summed E-state index contributed by atoms with van der Waals surface area (Å²) in [6, 6.07) is 17.6. The normalized spacial score (nSPS) is 10.9. The Labute approximate surface area is 208 Å². The van der Waals surface area contributed by atoms with E-state index >= 15 is 0 Å². The van der Waals surface area contributed by atoms with Gasteiger partial charge in [0.1, 0.15) is 6.61 Å². The highest BCUT2D eigenvalue weighted by atomic mass is 127. The molecule has 0 heterocycles. The number of nitriles is 1. The van der Waals surface area contributed by atoms with Crippen LogP contribution in [0, 0.1) is 35.1 Å². The van der Waals surface area contributed by atoms with E-state index < -0.39 is 9.85 Å². The van der Waals surface area contributed by atoms with Crippen LogP contribution in [0.3, 0.4) is 0 Å². The van der Waals surface area contributed by atoms with Crippen molar-refractivity contribution in [1.82, 2.24) is 0 Å². The summed E-state index contributed by atoms with van der Waals surface area (Å²) in [5, 5.41) is 31.3. The first kappa shape index (κ1) is 24.7. The first-order valence-corrected chi connectivity index (χ1v) is 11.1. The number of nitro groups is 2. The maximum atomic E-state index is 10.9. The SMILES string of the molecule is CCOc1cc(C=C(C#N)c2ccc([N+](=O)[O-])cc2)cc(I)c1OCc1ccc([N+](=O)[O-])cc1. The van der Waals surface area contributed by atoms with E-state index in [1.807, 2.05) is 13.0 Å². The minimum atomic E-state index is -0.494. The molecule has 172 valence electrons. The Kier molecular flexibility index (Phi) is 8.15. The number of benzene rings is 3. The predicted octanol–water partition coefficient (Wildman–Crippen LogP) is 6.15. The second-order valence-electron chi connectivity index (χ2n) is 6.95. The monoisotopic (exact) mass is 571 g/mol. The maximum Gasteiger partial charge on any atom is 0.269 e. The third-order valence-electron chi connectivity index (χ3n) is 4.68. The number of nitro benzene ring substituents is 2. The van der Waals surface area contributed by atoms with Crippen LogP contribution in [0.4, 0.5) is 11.4 Å². The lowest BCUT2D eigenvalue weighted by molar-refractivity contribution is -0.385. The molecule has 0 spiro atoms. The van der Waals surface area contributed by atoms with Crippen molar-refractivity contribution in [3.8, 4) is 17.6 Å². The Morgan fingerprint density at radius 1 is 1.00 bits per heavy atom. The average Bonchev–Trinajstić information content (AvgIpc) is 2.82. The number of hydrogen-bond acceptors (Lipinski definition) is 7. The van der Waals surface area contributed by atoms with Crippen LogP contribution >= 0.6 is 22.6 Å². The van der Waals surface area contributed by atoms with Crippen LogP contribution in [0.5, 0.6) is 11.5 Å². The van der Waals surface area contributed by atoms with Gasteiger partial charge in [-0.25, -0.2) is 0 Å². The lowest BCUT2D eigenvalue weighted by atomic mass is 10.0. The Hall–Kier alpha value is -3.98. The molecule has 0 fully saturated rings. The molecule has 0 aliphatic heterocycles. The van der Waals surface area contributed by atoms with E-state index in [9.17, 15) is 25.5 Å². The van der Waals surface area contributed by atoms with Gasteiger partial charge in [0, 0.05) is 24.3 Å². The van der Waals surface area contributed by atoms with Gasteiger partial charge < -0.3 is 9.47 Å². The molecule has 0 aliphatic rings. The van der Waals surface area contributed by atoms with Crippen molar-refractivity contribution >= 4 is 45.6 Å². The molecule has 0 amide bonds. The molecular formula is C24H18IN3O6. The molecule has 0 radical (unpaired) electrons. The van der Waals surface area contributed by atoms with Crippen molar-refractivity contribution in [1.29, 1.82) is 5.26 Å². The second kappa shape index (κ2) is 11.2. The van der Waals surface area contributed by atoms with Crippen LogP contribution in [0.25, 0.3) is 11.6 Å². The van der Waals surface area contributed by atoms with Crippen LogP contribution in [0.15, 0.2) is 60.7 Å². The number of hydrogen-bond donors (Lipinski definition) is 0. The molecule has 0 N–H and O–H groups in total. The van der Waals surface area contributed by atoms with E-state index in [-0.39, 0.29) is 18.0 Å². The number of halogens is 1. The Morgan fingerprint density at radius 3 is 2.12 bits per heavy atom. The first-order valence-electron chi connectivity index (χ1n) is 10.0. The molecule has 0 saturated heterocycles. The van der Waals surface area contributed by atoms with Gasteiger partial charge in [-0.05, 0) is 88.7 Å². The molecule has 0 aromatic heterocycles. The lowest BCUT2D eigenvalue weighted by Crippen LogP contribution is -2.02. The summed E-state index contributed by atoms with van der Waals surface area (Å²) < 4.78 is 12.5. The number of non-ortho nitro benzene ring substituents is 2. The van der Waals surface area contributed by atoms with Crippen molar-refractivity contribution < 1.29 is 19.3 Å². The van der Waals surface area contributed by atoms with Gasteiger partial charge in [-0.1, -0.05) is 0 Å². The van der Waals surface area contributed by atoms with E-state index in [1.54, 1.807) is 24.3 Å². The Balaban J connectivity index is 1.87. The van der Waals surface area contributed by atoms with E-state index in [0.29, 0.717) is 34.8 Å². The molecule has 3 rings (SSSR count). The van der Waals surface area contributed by atoms with Gasteiger partial charge in [0.25, 0.3) is 11.4 Å². The molecule has 10 heteroatoms. The van der Waals surface area contributed by atoms with Crippen molar-refractivity contribution in [2.24, 2.45) is 0 Å². The zero-order valence-corrected chi connectivity index (χ0v) is 20.1. The van der Waals surface area contributed by atoms with E-state index in [1.165, 1.54) is 36.4 Å². The summed E-state index contributed by atoms with van der Waals surface area (Å²) in [5.41, 5.74) is 2.31. The van der Waals surface area contributed by atoms with Gasteiger partial charge in [-0.2, -0.15) is 5.26 Å². The molecule has 3 aromatic rings. The minimum absolute atomic E-state index is 0.00536. The van der Waals surface area contributed by atoms with Crippen molar-refractivity contribution in [3.63, 3.8) is 0 Å². The van der Waals surface area contributed by atoms with Gasteiger partial charge in [0.2, 0.25) is 0 Å². The van der Waals surface area contributed by atoms with E-state index in [4.69, 9.17) is 9.47 Å². The summed E-state index contributed by atoms with van der Waals surface area (Å²) >= 11 is 2.11. The zero-order chi connectivity index (χ0) is 24.7. The largest absolute Gasteiger partial charge is 0.490 e. The van der Waals surface area contributed by atoms with Crippen molar-refractivity contribution in [2.45, 2.75) is 13.5 Å². The topological polar surface area (TPSA) is 129 Å². The third-order valence-corrected chi connectivity index (χ3v) is 5.48. The summed E-state index contributed by atoms with van der Waals surface area (Å²) in [6.45, 7) is 2.42. The van der Waals surface area contributed by atoms with Crippen molar-refractivity contribution in [3.05, 3.63) is 101 Å². The highest BCUT2D eigenvalue weighted by Gasteiger charge is 2.14. The molecule has 34 heavy (non-hydrogen) atoms. The number of nitrogens with zero attached hydrogens (tertiary/aromatic N) is 3. The van der Waals surface area contributed by atoms with E-state index in [0.717, 1.165) is 9.13 Å². The smallest absolute Gasteiger partial charge is 0.269 e. The molecule has 3 aromatic carbocycles. The molecule has 0 unspecified atom stereocenters. The van der Waals surface area contributed by atoms with Crippen LogP contribution in [0.2, 0.25) is 0 Å². The number of ether oxygens (including phenoxy) is 2. The fraction of sp³-hybridized carbons (Fsp3) is 0.125. The standard InChI is InChI=1S/C24H18IN3O6/c1-2-33-23-13-17(11-19(14-26)18-5-9-21(10-6-18)28(31)32)12-22(25)24(23)34-15-16-3-7-20(8-4-16)27(29)30/h3-13H,2,15H2,1H3. The molecular weight excluding hydrogens is 553 g/mol. The van der Waals surface area contributed by atoms with Gasteiger partial charge in [-0.15, -0.1) is 0 Å². The highest BCUT2D eigenvalue weighted by Crippen LogP contribution is 2.36. The van der Waals surface area contributed by atoms with Crippen LogP contribution in [0.1, 0.15) is 23.6 Å². The quantitative estimate of drug-likeness (QED) is 0.0991. The van der Waals surface area contributed by atoms with Gasteiger partial charge in [0.15, 0.2) is 11.5 Å². The van der Waals surface area contributed by atoms with Crippen LogP contribution in [-0.4, -0.2) is 16.5 Å². The maximum absolute atomic E-state index is 10.9. The summed E-state index contributed by atoms with van der Waals surface area (Å²) in [6.07, 6.45) is 1.67. The average molecular weight is 571 g/mol. The summed E-state index contributed by atoms with van der Waals surface area (Å²) in [7, 11) is 0. The minimum Gasteiger partial charge on any atom is -0.490 e. The van der Waals surface area contributed by atoms with Gasteiger partial charge in [0.05, 0.1) is 31.7 Å².